The van der Waals surface area contributed by atoms with Gasteiger partial charge in [0.25, 0.3) is 0 Å². The van der Waals surface area contributed by atoms with Crippen LogP contribution in [0.2, 0.25) is 0 Å². The van der Waals surface area contributed by atoms with Gasteiger partial charge in [-0.05, 0) is 122 Å². The van der Waals surface area contributed by atoms with Gasteiger partial charge in [-0.25, -0.2) is 0 Å². The van der Waals surface area contributed by atoms with Crippen LogP contribution in [-0.4, -0.2) is 40.0 Å². The van der Waals surface area contributed by atoms with Crippen molar-refractivity contribution in [2.75, 3.05) is 28.4 Å². The van der Waals surface area contributed by atoms with Gasteiger partial charge < -0.3 is 18.9 Å². The van der Waals surface area contributed by atoms with Crippen LogP contribution in [-0.2, 0) is 54.5 Å². The van der Waals surface area contributed by atoms with Crippen molar-refractivity contribution >= 4 is 60.2 Å². The molecule has 7 aromatic carbocycles. The Hall–Kier alpha value is -7.74. The van der Waals surface area contributed by atoms with Crippen LogP contribution in [0.4, 0.5) is 0 Å². The van der Waals surface area contributed by atoms with Crippen molar-refractivity contribution in [1.82, 2.24) is 0 Å². The number of Topliss-reactive ketones (excluding diaryl/α,β-unsaturated/α-hetero) is 2. The summed E-state index contributed by atoms with van der Waals surface area (Å²) in [6.45, 7) is 27.6. The van der Waals surface area contributed by atoms with Crippen LogP contribution in [0.25, 0.3) is 48.6 Å². The largest absolute Gasteiger partial charge is 0.496 e. The molecule has 6 nitrogen and oxygen atoms in total. The number of carbonyl (C=O) groups is 2. The van der Waals surface area contributed by atoms with Crippen molar-refractivity contribution in [2.45, 2.75) is 136 Å². The van der Waals surface area contributed by atoms with E-state index in [2.05, 4.69) is 248 Å². The van der Waals surface area contributed by atoms with Crippen LogP contribution in [0.1, 0.15) is 179 Å². The number of rotatable bonds is 18. The van der Waals surface area contributed by atoms with E-state index in [1.807, 2.05) is 32.0 Å². The first-order valence-corrected chi connectivity index (χ1v) is 28.2. The number of ether oxygens (including phenoxy) is 4. The summed E-state index contributed by atoms with van der Waals surface area (Å²) in [6, 6.07) is 59.3. The molecule has 0 aromatic heterocycles. The Morgan fingerprint density at radius 1 is 0.447 bits per heavy atom. The van der Waals surface area contributed by atoms with E-state index in [-0.39, 0.29) is 46.2 Å². The van der Waals surface area contributed by atoms with Crippen molar-refractivity contribution in [3.05, 3.63) is 254 Å². The van der Waals surface area contributed by atoms with E-state index in [4.69, 9.17) is 18.9 Å². The molecule has 0 amide bonds. The van der Waals surface area contributed by atoms with Gasteiger partial charge in [-0.2, -0.15) is 0 Å². The van der Waals surface area contributed by atoms with Crippen LogP contribution in [0.15, 0.2) is 182 Å². The molecule has 0 radical (unpaired) electrons. The van der Waals surface area contributed by atoms with Crippen molar-refractivity contribution < 1.29 is 30.0 Å². The molecule has 0 N–H and O–H groups in total. The van der Waals surface area contributed by atoms with Crippen molar-refractivity contribution in [3.8, 4) is 5.75 Å². The molecule has 0 aliphatic carbocycles. The number of ketones is 2. The second kappa shape index (κ2) is 41.3. The zero-order valence-corrected chi connectivity index (χ0v) is 51.8. The standard InChI is InChI=1S/C29H32O2.C20H24O.C16H16O.C6H12O.C5H8O.3CH4.H2/c1-29(2,3)27-18-19-28(31-5)26(20-27)17-16-24-10-8-22(9-11-24)6-7-23-12-14-25(15-13-23)21-30-4;1-20(2,3)19-13-11-17(12-14-19)6-5-16-7-9-18(10-8-16)15-21-4;1-17-13-16-11-9-15(10-12-16)8-7-14-5-3-2-4-6-14;1-4-5(2)6(3)7;1-4(2)5(3)6;;;;/h6-20H,21H2,1-5H3;5-14H,15H2,1-4H3;2-12H,13H2,1H3;5H,4H2,1-3H3;1H2,2-3H3;3*1H4;1H/b7-6+,17-16+;6-5+;8-7+;;;;;;/i;;;;;;;;1+1. The second-order valence-electron chi connectivity index (χ2n) is 22.3. The highest BCUT2D eigenvalue weighted by Crippen LogP contribution is 2.30. The molecule has 85 heavy (non-hydrogen) atoms. The van der Waals surface area contributed by atoms with Gasteiger partial charge in [0, 0.05) is 34.2 Å². The van der Waals surface area contributed by atoms with Crippen molar-refractivity contribution in [3.63, 3.8) is 0 Å². The number of methoxy groups -OCH3 is 4. The normalized spacial score (nSPS) is 11.2. The molecular formula is C79H106O6. The Bertz CT molecular complexity index is 3070. The first-order chi connectivity index (χ1) is 39.1. The maximum absolute atomic E-state index is 10.4. The smallest absolute Gasteiger partial charge is 0.154 e. The highest BCUT2D eigenvalue weighted by atomic mass is 16.5. The molecule has 1 unspecified atom stereocenters. The third-order valence-electron chi connectivity index (χ3n) is 13.2. The van der Waals surface area contributed by atoms with Crippen LogP contribution in [0, 0.1) is 5.92 Å². The van der Waals surface area contributed by atoms with E-state index >= 15 is 0 Å². The topological polar surface area (TPSA) is 71.1 Å². The molecule has 7 aromatic rings. The maximum atomic E-state index is 10.4. The van der Waals surface area contributed by atoms with E-state index in [1.165, 1.54) is 68.1 Å². The molecule has 0 bridgehead atoms. The van der Waals surface area contributed by atoms with Crippen molar-refractivity contribution in [1.29, 1.82) is 0 Å². The molecule has 0 fully saturated rings. The van der Waals surface area contributed by atoms with E-state index in [1.54, 1.807) is 42.3 Å². The highest BCUT2D eigenvalue weighted by molar-refractivity contribution is 5.91. The lowest BCUT2D eigenvalue weighted by molar-refractivity contribution is -0.120. The molecule has 1 atom stereocenters. The van der Waals surface area contributed by atoms with Crippen molar-refractivity contribution in [2.24, 2.45) is 5.92 Å². The fourth-order valence-electron chi connectivity index (χ4n) is 7.43. The summed E-state index contributed by atoms with van der Waals surface area (Å²) in [4.78, 5) is 20.4. The zero-order valence-electron chi connectivity index (χ0n) is 51.8. The third kappa shape index (κ3) is 31.1. The van der Waals surface area contributed by atoms with E-state index in [0.29, 0.717) is 31.2 Å². The number of hydrogen-bond donors (Lipinski definition) is 0. The fraction of sp³-hybridized carbons (Fsp3) is 0.316. The van der Waals surface area contributed by atoms with Crippen LogP contribution < -0.4 is 4.74 Å². The number of hydrogen-bond acceptors (Lipinski definition) is 6. The molecule has 6 heteroatoms. The number of allylic oxidation sites excluding steroid dienone is 1. The minimum absolute atomic E-state index is 0. The fourth-order valence-corrected chi connectivity index (χ4v) is 7.43. The highest BCUT2D eigenvalue weighted by Gasteiger charge is 2.15. The Balaban J connectivity index is 0. The monoisotopic (exact) mass is 1150 g/mol. The quantitative estimate of drug-likeness (QED) is 0.0630. The average Bonchev–Trinajstić information content (AvgIpc) is 3.62. The van der Waals surface area contributed by atoms with Gasteiger partial charge >= 0.3 is 0 Å². The van der Waals surface area contributed by atoms with Gasteiger partial charge in [0.15, 0.2) is 5.78 Å². The molecule has 0 aliphatic rings. The Kier molecular flexibility index (Phi) is 37.5. The van der Waals surface area contributed by atoms with Crippen LogP contribution in [0.5, 0.6) is 5.75 Å². The molecule has 0 aliphatic heterocycles. The maximum Gasteiger partial charge on any atom is 0.154 e. The molecular weight excluding hydrogens is 1040 g/mol. The molecule has 7 rings (SSSR count). The third-order valence-corrected chi connectivity index (χ3v) is 13.2. The van der Waals surface area contributed by atoms with Gasteiger partial charge in [-0.3, -0.25) is 9.59 Å². The lowest BCUT2D eigenvalue weighted by Gasteiger charge is -2.20. The minimum Gasteiger partial charge on any atom is -0.496 e. The number of carbonyl (C=O) groups excluding carboxylic acids is 2. The summed E-state index contributed by atoms with van der Waals surface area (Å²) in [6.07, 6.45) is 18.0. The molecule has 0 heterocycles. The molecule has 0 saturated carbocycles. The molecule has 0 saturated heterocycles. The van der Waals surface area contributed by atoms with Crippen LogP contribution >= 0.6 is 0 Å². The summed E-state index contributed by atoms with van der Waals surface area (Å²) >= 11 is 0. The first-order valence-electron chi connectivity index (χ1n) is 28.2. The summed E-state index contributed by atoms with van der Waals surface area (Å²) < 4.78 is 20.9. The summed E-state index contributed by atoms with van der Waals surface area (Å²) in [7, 11) is 6.86. The lowest BCUT2D eigenvalue weighted by atomic mass is 9.86. The lowest BCUT2D eigenvalue weighted by Crippen LogP contribution is -2.11. The zero-order chi connectivity index (χ0) is 60.5. The summed E-state index contributed by atoms with van der Waals surface area (Å²) in [5.41, 5.74) is 16.6. The Morgan fingerprint density at radius 3 is 0.988 bits per heavy atom. The van der Waals surface area contributed by atoms with E-state index in [9.17, 15) is 9.59 Å². The summed E-state index contributed by atoms with van der Waals surface area (Å²) in [5.74, 6) is 1.51. The van der Waals surface area contributed by atoms with Gasteiger partial charge in [-0.15, -0.1) is 0 Å². The summed E-state index contributed by atoms with van der Waals surface area (Å²) in [5, 5.41) is 0. The second-order valence-corrected chi connectivity index (χ2v) is 22.3. The average molecular weight is 1150 g/mol. The van der Waals surface area contributed by atoms with Crippen LogP contribution in [0.3, 0.4) is 0 Å². The molecule has 458 valence electrons. The van der Waals surface area contributed by atoms with E-state index in [0.717, 1.165) is 23.3 Å². The van der Waals surface area contributed by atoms with Gasteiger partial charge in [0.1, 0.15) is 11.5 Å². The van der Waals surface area contributed by atoms with Gasteiger partial charge in [-0.1, -0.05) is 291 Å². The predicted molar refractivity (Wildman–Crippen MR) is 375 cm³/mol. The SMILES string of the molecule is C.C.C.C=C(C)C(C)=O.CCC(C)C(C)=O.COCc1ccc(/C=C/c2ccc(/C=C/c3cc(C(C)(C)C)ccc3OC)cc2)cc1.COCc1ccc(/C=C/c2ccc(C(C)(C)C)cc2)cc1.COCc1ccc(/C=C/c2ccccc2)cc1.[2HH]. The van der Waals surface area contributed by atoms with Gasteiger partial charge in [0.05, 0.1) is 26.9 Å². The van der Waals surface area contributed by atoms with Gasteiger partial charge in [0.2, 0.25) is 0 Å². The first kappa shape index (κ1) is 77.3. The number of benzene rings is 7. The Labute approximate surface area is 517 Å². The Morgan fingerprint density at radius 2 is 0.729 bits per heavy atom. The van der Waals surface area contributed by atoms with E-state index < -0.39 is 0 Å². The minimum atomic E-state index is 0. The molecule has 0 spiro atoms. The predicted octanol–water partition coefficient (Wildman–Crippen LogP) is 21.7.